The number of fused-ring (bicyclic) bond motifs is 1. The molecule has 5 heteroatoms. The number of halogens is 1. The molecule has 0 radical (unpaired) electrons. The van der Waals surface area contributed by atoms with E-state index >= 15 is 0 Å². The molecule has 1 aliphatic heterocycles. The summed E-state index contributed by atoms with van der Waals surface area (Å²) in [6, 6.07) is 5.13. The molecular weight excluding hydrogens is 296 g/mol. The van der Waals surface area contributed by atoms with E-state index < -0.39 is 0 Å². The van der Waals surface area contributed by atoms with E-state index in [1.807, 2.05) is 13.8 Å². The van der Waals surface area contributed by atoms with Crippen molar-refractivity contribution in [1.29, 1.82) is 0 Å². The lowest BCUT2D eigenvalue weighted by atomic mass is 10.1. The number of anilines is 2. The van der Waals surface area contributed by atoms with E-state index in [1.54, 1.807) is 18.2 Å². The molecule has 1 aliphatic carbocycles. The van der Waals surface area contributed by atoms with E-state index in [9.17, 15) is 9.59 Å². The Morgan fingerprint density at radius 3 is 2.28 bits per heavy atom. The molecule has 2 unspecified atom stereocenters. The first-order chi connectivity index (χ1) is 8.35. The second kappa shape index (κ2) is 3.35. The van der Waals surface area contributed by atoms with Crippen LogP contribution < -0.4 is 10.6 Å². The van der Waals surface area contributed by atoms with Crippen LogP contribution in [0, 0.1) is 17.3 Å². The molecule has 1 saturated heterocycles. The van der Waals surface area contributed by atoms with E-state index in [-0.39, 0.29) is 29.1 Å². The zero-order valence-corrected chi connectivity index (χ0v) is 11.7. The number of piperidine rings is 1. The highest BCUT2D eigenvalue weighted by Crippen LogP contribution is 2.63. The van der Waals surface area contributed by atoms with Gasteiger partial charge in [0.05, 0.1) is 17.5 Å². The van der Waals surface area contributed by atoms with Crippen molar-refractivity contribution in [2.75, 3.05) is 10.6 Å². The highest BCUT2D eigenvalue weighted by Gasteiger charge is 2.72. The Morgan fingerprint density at radius 1 is 1.22 bits per heavy atom. The molecule has 0 aromatic heterocycles. The molecule has 0 spiro atoms. The predicted octanol–water partition coefficient (Wildman–Crippen LogP) is 2.18. The maximum atomic E-state index is 12.2. The van der Waals surface area contributed by atoms with Crippen LogP contribution in [0.15, 0.2) is 22.7 Å². The number of nitrogens with zero attached hydrogens (tertiary/aromatic N) is 1. The van der Waals surface area contributed by atoms with Crippen molar-refractivity contribution in [3.05, 3.63) is 22.7 Å². The van der Waals surface area contributed by atoms with Crippen molar-refractivity contribution in [2.24, 2.45) is 17.3 Å². The molecule has 1 heterocycles. The zero-order chi connectivity index (χ0) is 13.2. The highest BCUT2D eigenvalue weighted by molar-refractivity contribution is 9.10. The fourth-order valence-electron chi connectivity index (χ4n) is 2.87. The van der Waals surface area contributed by atoms with Crippen molar-refractivity contribution in [1.82, 2.24) is 0 Å². The molecule has 2 fully saturated rings. The van der Waals surface area contributed by atoms with Gasteiger partial charge in [-0.05, 0) is 39.5 Å². The van der Waals surface area contributed by atoms with E-state index in [0.29, 0.717) is 11.4 Å². The summed E-state index contributed by atoms with van der Waals surface area (Å²) in [4.78, 5) is 25.7. The van der Waals surface area contributed by atoms with Gasteiger partial charge in [0.1, 0.15) is 0 Å². The number of benzene rings is 1. The normalized spacial score (nSPS) is 28.5. The molecule has 94 valence electrons. The number of carbonyl (C=O) groups excluding carboxylic acids is 2. The van der Waals surface area contributed by atoms with Crippen LogP contribution in [-0.4, -0.2) is 11.8 Å². The van der Waals surface area contributed by atoms with Crippen molar-refractivity contribution < 1.29 is 9.59 Å². The summed E-state index contributed by atoms with van der Waals surface area (Å²) in [5.74, 6) is -0.516. The molecule has 1 aromatic carbocycles. The summed E-state index contributed by atoms with van der Waals surface area (Å²) in [6.45, 7) is 3.93. The number of nitrogens with two attached hydrogens (primary N) is 1. The Kier molecular flexibility index (Phi) is 2.18. The fraction of sp³-hybridized carbons (Fsp3) is 0.385. The van der Waals surface area contributed by atoms with Gasteiger partial charge in [0.15, 0.2) is 0 Å². The van der Waals surface area contributed by atoms with Crippen LogP contribution in [0.1, 0.15) is 13.8 Å². The number of hydrogen-bond donors (Lipinski definition) is 1. The molecule has 4 nitrogen and oxygen atoms in total. The van der Waals surface area contributed by atoms with Gasteiger partial charge >= 0.3 is 0 Å². The lowest BCUT2D eigenvalue weighted by Gasteiger charge is -2.21. The van der Waals surface area contributed by atoms with E-state index in [1.165, 1.54) is 4.90 Å². The quantitative estimate of drug-likeness (QED) is 0.639. The zero-order valence-electron chi connectivity index (χ0n) is 10.1. The average Bonchev–Trinajstić information content (AvgIpc) is 2.74. The highest BCUT2D eigenvalue weighted by atomic mass is 79.9. The smallest absolute Gasteiger partial charge is 0.238 e. The van der Waals surface area contributed by atoms with Crippen molar-refractivity contribution in [3.8, 4) is 0 Å². The minimum Gasteiger partial charge on any atom is -0.398 e. The largest absolute Gasteiger partial charge is 0.398 e. The fourth-order valence-corrected chi connectivity index (χ4v) is 3.12. The number of amides is 2. The SMILES string of the molecule is CC1(C)C2C(=O)N(c3ccc(Br)c(N)c3)C(=O)C21. The van der Waals surface area contributed by atoms with Gasteiger partial charge in [0.25, 0.3) is 0 Å². The van der Waals surface area contributed by atoms with Crippen LogP contribution in [0.3, 0.4) is 0 Å². The standard InChI is InChI=1S/C13H13BrN2O2/c1-13(2)9-10(13)12(18)16(11(9)17)6-3-4-7(14)8(15)5-6/h3-5,9-10H,15H2,1-2H3. The molecule has 3 rings (SSSR count). The Bertz CT molecular complexity index is 558. The summed E-state index contributed by atoms with van der Waals surface area (Å²) >= 11 is 3.29. The third-order valence-corrected chi connectivity index (χ3v) is 4.76. The third-order valence-electron chi connectivity index (χ3n) is 4.04. The summed E-state index contributed by atoms with van der Waals surface area (Å²) in [5, 5.41) is 0. The van der Waals surface area contributed by atoms with E-state index in [0.717, 1.165) is 4.47 Å². The van der Waals surface area contributed by atoms with Gasteiger partial charge < -0.3 is 5.73 Å². The van der Waals surface area contributed by atoms with Gasteiger partial charge in [-0.3, -0.25) is 9.59 Å². The van der Waals surface area contributed by atoms with Gasteiger partial charge in [-0.15, -0.1) is 0 Å². The minimum atomic E-state index is -0.175. The number of carbonyl (C=O) groups is 2. The summed E-state index contributed by atoms with van der Waals surface area (Å²) < 4.78 is 0.760. The first-order valence-electron chi connectivity index (χ1n) is 5.78. The first kappa shape index (κ1) is 11.7. The monoisotopic (exact) mass is 308 g/mol. The Morgan fingerprint density at radius 2 is 1.78 bits per heavy atom. The lowest BCUT2D eigenvalue weighted by Crippen LogP contribution is -2.36. The van der Waals surface area contributed by atoms with Crippen LogP contribution in [-0.2, 0) is 9.59 Å². The third kappa shape index (κ3) is 1.31. The number of rotatable bonds is 1. The van der Waals surface area contributed by atoms with Crippen molar-refractivity contribution >= 4 is 39.1 Å². The predicted molar refractivity (Wildman–Crippen MR) is 71.8 cm³/mol. The van der Waals surface area contributed by atoms with Crippen LogP contribution in [0.5, 0.6) is 0 Å². The van der Waals surface area contributed by atoms with Crippen LogP contribution in [0.25, 0.3) is 0 Å². The average molecular weight is 309 g/mol. The van der Waals surface area contributed by atoms with Gasteiger partial charge in [-0.25, -0.2) is 4.90 Å². The molecule has 2 aliphatic rings. The summed E-state index contributed by atoms with van der Waals surface area (Å²) in [6.07, 6.45) is 0. The molecule has 18 heavy (non-hydrogen) atoms. The van der Waals surface area contributed by atoms with Crippen molar-refractivity contribution in [2.45, 2.75) is 13.8 Å². The topological polar surface area (TPSA) is 63.4 Å². The number of hydrogen-bond acceptors (Lipinski definition) is 3. The van der Waals surface area contributed by atoms with E-state index in [2.05, 4.69) is 15.9 Å². The molecule has 0 bridgehead atoms. The van der Waals surface area contributed by atoms with Crippen LogP contribution >= 0.6 is 15.9 Å². The number of imide groups is 1. The molecule has 2 N–H and O–H groups in total. The number of nitrogen functional groups attached to an aromatic ring is 1. The Hall–Kier alpha value is -1.36. The van der Waals surface area contributed by atoms with E-state index in [4.69, 9.17) is 5.73 Å². The molecular formula is C13H13BrN2O2. The minimum absolute atomic E-state index is 0.100. The van der Waals surface area contributed by atoms with Gasteiger partial charge in [-0.1, -0.05) is 13.8 Å². The lowest BCUT2D eigenvalue weighted by molar-refractivity contribution is -0.125. The summed E-state index contributed by atoms with van der Waals surface area (Å²) in [7, 11) is 0. The maximum Gasteiger partial charge on any atom is 0.238 e. The second-order valence-corrected chi connectivity index (χ2v) is 6.35. The molecule has 2 atom stereocenters. The second-order valence-electron chi connectivity index (χ2n) is 5.49. The molecule has 1 saturated carbocycles. The van der Waals surface area contributed by atoms with Crippen LogP contribution in [0.4, 0.5) is 11.4 Å². The van der Waals surface area contributed by atoms with Crippen molar-refractivity contribution in [3.63, 3.8) is 0 Å². The summed E-state index contributed by atoms with van der Waals surface area (Å²) in [5.41, 5.74) is 6.69. The van der Waals surface area contributed by atoms with Gasteiger partial charge in [0, 0.05) is 10.2 Å². The maximum absolute atomic E-state index is 12.2. The van der Waals surface area contributed by atoms with Gasteiger partial charge in [0.2, 0.25) is 11.8 Å². The van der Waals surface area contributed by atoms with Crippen LogP contribution in [0.2, 0.25) is 0 Å². The Balaban J connectivity index is 1.98. The first-order valence-corrected chi connectivity index (χ1v) is 6.58. The molecule has 1 aromatic rings. The molecule has 2 amide bonds. The Labute approximate surface area is 113 Å². The van der Waals surface area contributed by atoms with Gasteiger partial charge in [-0.2, -0.15) is 0 Å².